The zero-order valence-electron chi connectivity index (χ0n) is 10.6. The highest BCUT2D eigenvalue weighted by Gasteiger charge is 2.26. The van der Waals surface area contributed by atoms with Crippen molar-refractivity contribution >= 4 is 10.2 Å². The first-order valence-electron chi connectivity index (χ1n) is 6.03. The van der Waals surface area contributed by atoms with Crippen molar-refractivity contribution in [3.8, 4) is 0 Å². The van der Waals surface area contributed by atoms with Gasteiger partial charge in [0, 0.05) is 39.3 Å². The van der Waals surface area contributed by atoms with E-state index in [4.69, 9.17) is 5.11 Å². The number of β-amino-alcohol motifs (C(OH)–C–C–N with tert-alkyl or cyclic N) is 1. The Morgan fingerprint density at radius 1 is 1.24 bits per heavy atom. The highest BCUT2D eigenvalue weighted by molar-refractivity contribution is 7.87. The lowest BCUT2D eigenvalue weighted by Gasteiger charge is -2.33. The minimum atomic E-state index is -3.32. The first kappa shape index (κ1) is 14.8. The van der Waals surface area contributed by atoms with Gasteiger partial charge in [-0.15, -0.1) is 0 Å². The molecule has 0 aromatic heterocycles. The summed E-state index contributed by atoms with van der Waals surface area (Å²) in [6.45, 7) is 7.52. The quantitative estimate of drug-likeness (QED) is 0.652. The van der Waals surface area contributed by atoms with E-state index < -0.39 is 10.2 Å². The summed E-state index contributed by atoms with van der Waals surface area (Å²) < 4.78 is 27.9. The van der Waals surface area contributed by atoms with Gasteiger partial charge < -0.3 is 5.11 Å². The molecular formula is C10H23N3O3S. The van der Waals surface area contributed by atoms with Gasteiger partial charge >= 0.3 is 0 Å². The van der Waals surface area contributed by atoms with Gasteiger partial charge in [-0.1, -0.05) is 13.8 Å². The maximum atomic E-state index is 11.9. The Balaban J connectivity index is 2.41. The van der Waals surface area contributed by atoms with E-state index in [9.17, 15) is 8.42 Å². The van der Waals surface area contributed by atoms with Gasteiger partial charge in [-0.05, 0) is 5.92 Å². The fourth-order valence-electron chi connectivity index (χ4n) is 1.70. The summed E-state index contributed by atoms with van der Waals surface area (Å²) >= 11 is 0. The third kappa shape index (κ3) is 4.89. The van der Waals surface area contributed by atoms with Gasteiger partial charge in [-0.2, -0.15) is 12.7 Å². The standard InChI is InChI=1S/C10H23N3O3S/c1-10(2)9-11-17(15,16)13-5-3-12(4-6-13)7-8-14/h10-11,14H,3-9H2,1-2H3. The Kier molecular flexibility index (Phi) is 5.81. The Hall–Kier alpha value is -0.210. The van der Waals surface area contributed by atoms with E-state index in [2.05, 4.69) is 9.62 Å². The second kappa shape index (κ2) is 6.65. The number of piperazine rings is 1. The zero-order chi connectivity index (χ0) is 12.9. The fourth-order valence-corrected chi connectivity index (χ4v) is 3.07. The first-order valence-corrected chi connectivity index (χ1v) is 7.47. The molecule has 0 amide bonds. The molecule has 0 unspecified atom stereocenters. The molecule has 0 saturated carbocycles. The van der Waals surface area contributed by atoms with Crippen molar-refractivity contribution in [3.63, 3.8) is 0 Å². The Morgan fingerprint density at radius 3 is 2.29 bits per heavy atom. The molecule has 1 rings (SSSR count). The van der Waals surface area contributed by atoms with Crippen LogP contribution in [0.1, 0.15) is 13.8 Å². The average Bonchev–Trinajstić information content (AvgIpc) is 2.28. The second-order valence-corrected chi connectivity index (χ2v) is 6.47. The molecule has 6 nitrogen and oxygen atoms in total. The van der Waals surface area contributed by atoms with Gasteiger partial charge in [-0.25, -0.2) is 4.72 Å². The van der Waals surface area contributed by atoms with Crippen molar-refractivity contribution in [3.05, 3.63) is 0 Å². The normalized spacial score (nSPS) is 20.0. The highest BCUT2D eigenvalue weighted by Crippen LogP contribution is 2.06. The van der Waals surface area contributed by atoms with Gasteiger partial charge in [-0.3, -0.25) is 4.90 Å². The molecule has 2 N–H and O–H groups in total. The van der Waals surface area contributed by atoms with Crippen LogP contribution in [0.4, 0.5) is 0 Å². The topological polar surface area (TPSA) is 72.9 Å². The number of hydrogen-bond acceptors (Lipinski definition) is 4. The number of aliphatic hydroxyl groups is 1. The maximum absolute atomic E-state index is 11.9. The van der Waals surface area contributed by atoms with Crippen molar-refractivity contribution < 1.29 is 13.5 Å². The molecule has 0 radical (unpaired) electrons. The summed E-state index contributed by atoms with van der Waals surface area (Å²) in [5.41, 5.74) is 0. The number of rotatable bonds is 6. The summed E-state index contributed by atoms with van der Waals surface area (Å²) in [6, 6.07) is 0. The fraction of sp³-hybridized carbons (Fsp3) is 1.00. The SMILES string of the molecule is CC(C)CNS(=O)(=O)N1CCN(CCO)CC1. The molecule has 1 saturated heterocycles. The minimum absolute atomic E-state index is 0.123. The molecule has 7 heteroatoms. The van der Waals surface area contributed by atoms with E-state index in [0.29, 0.717) is 45.2 Å². The van der Waals surface area contributed by atoms with Crippen LogP contribution in [0, 0.1) is 5.92 Å². The van der Waals surface area contributed by atoms with E-state index >= 15 is 0 Å². The van der Waals surface area contributed by atoms with E-state index in [-0.39, 0.29) is 6.61 Å². The van der Waals surface area contributed by atoms with Gasteiger partial charge in [0.1, 0.15) is 0 Å². The predicted molar refractivity (Wildman–Crippen MR) is 66.9 cm³/mol. The molecule has 0 aromatic carbocycles. The van der Waals surface area contributed by atoms with E-state index in [0.717, 1.165) is 0 Å². The van der Waals surface area contributed by atoms with Crippen LogP contribution in [0.5, 0.6) is 0 Å². The van der Waals surface area contributed by atoms with Crippen molar-refractivity contribution in [2.75, 3.05) is 45.9 Å². The van der Waals surface area contributed by atoms with E-state index in [1.807, 2.05) is 13.8 Å². The number of nitrogens with one attached hydrogen (secondary N) is 1. The second-order valence-electron chi connectivity index (χ2n) is 4.71. The number of nitrogens with zero attached hydrogens (tertiary/aromatic N) is 2. The third-order valence-corrected chi connectivity index (χ3v) is 4.34. The predicted octanol–water partition coefficient (Wildman–Crippen LogP) is -0.913. The number of hydrogen-bond donors (Lipinski definition) is 2. The summed E-state index contributed by atoms with van der Waals surface area (Å²) in [5.74, 6) is 0.306. The molecule has 0 atom stereocenters. The van der Waals surface area contributed by atoms with Gasteiger partial charge in [0.15, 0.2) is 0 Å². The van der Waals surface area contributed by atoms with Crippen molar-refractivity contribution in [2.24, 2.45) is 5.92 Å². The van der Waals surface area contributed by atoms with Crippen LogP contribution >= 0.6 is 0 Å². The smallest absolute Gasteiger partial charge is 0.279 e. The molecule has 0 bridgehead atoms. The molecule has 0 aromatic rings. The minimum Gasteiger partial charge on any atom is -0.395 e. The van der Waals surface area contributed by atoms with Crippen LogP contribution in [-0.2, 0) is 10.2 Å². The highest BCUT2D eigenvalue weighted by atomic mass is 32.2. The van der Waals surface area contributed by atoms with Crippen molar-refractivity contribution in [1.82, 2.24) is 13.9 Å². The zero-order valence-corrected chi connectivity index (χ0v) is 11.4. The van der Waals surface area contributed by atoms with Crippen LogP contribution in [0.25, 0.3) is 0 Å². The van der Waals surface area contributed by atoms with E-state index in [1.54, 1.807) is 0 Å². The molecule has 1 fully saturated rings. The van der Waals surface area contributed by atoms with Gasteiger partial charge in [0.05, 0.1) is 6.61 Å². The Bertz CT molecular complexity index is 311. The van der Waals surface area contributed by atoms with Crippen LogP contribution in [0.15, 0.2) is 0 Å². The third-order valence-electron chi connectivity index (χ3n) is 2.76. The largest absolute Gasteiger partial charge is 0.395 e. The molecule has 1 aliphatic heterocycles. The Labute approximate surface area is 104 Å². The van der Waals surface area contributed by atoms with Crippen molar-refractivity contribution in [2.45, 2.75) is 13.8 Å². The monoisotopic (exact) mass is 265 g/mol. The van der Waals surface area contributed by atoms with E-state index in [1.165, 1.54) is 4.31 Å². The van der Waals surface area contributed by atoms with Gasteiger partial charge in [0.2, 0.25) is 0 Å². The van der Waals surface area contributed by atoms with Crippen LogP contribution in [0.3, 0.4) is 0 Å². The molecule has 1 heterocycles. The van der Waals surface area contributed by atoms with Crippen LogP contribution in [0.2, 0.25) is 0 Å². The lowest BCUT2D eigenvalue weighted by Crippen LogP contribution is -2.52. The molecule has 1 aliphatic rings. The maximum Gasteiger partial charge on any atom is 0.279 e. The van der Waals surface area contributed by atoms with Crippen LogP contribution < -0.4 is 4.72 Å². The summed E-state index contributed by atoms with van der Waals surface area (Å²) in [7, 11) is -3.32. The Morgan fingerprint density at radius 2 is 1.82 bits per heavy atom. The van der Waals surface area contributed by atoms with Crippen LogP contribution in [-0.4, -0.2) is 68.6 Å². The summed E-state index contributed by atoms with van der Waals surface area (Å²) in [4.78, 5) is 2.06. The average molecular weight is 265 g/mol. The van der Waals surface area contributed by atoms with Gasteiger partial charge in [0.25, 0.3) is 10.2 Å². The molecule has 0 aliphatic carbocycles. The first-order chi connectivity index (χ1) is 7.95. The summed E-state index contributed by atoms with van der Waals surface area (Å²) in [6.07, 6.45) is 0. The molecular weight excluding hydrogens is 242 g/mol. The van der Waals surface area contributed by atoms with Crippen molar-refractivity contribution in [1.29, 1.82) is 0 Å². The lowest BCUT2D eigenvalue weighted by atomic mass is 10.2. The molecule has 17 heavy (non-hydrogen) atoms. The molecule has 102 valence electrons. The summed E-state index contributed by atoms with van der Waals surface area (Å²) in [5, 5.41) is 8.80. The molecule has 0 spiro atoms. The lowest BCUT2D eigenvalue weighted by molar-refractivity contribution is 0.151. The number of aliphatic hydroxyl groups excluding tert-OH is 1.